The van der Waals surface area contributed by atoms with Gasteiger partial charge in [-0.05, 0) is 6.08 Å². The van der Waals surface area contributed by atoms with Gasteiger partial charge in [0.1, 0.15) is 0 Å². The number of nitrogens with one attached hydrogen (secondary N) is 2. The van der Waals surface area contributed by atoms with Crippen molar-refractivity contribution in [2.24, 2.45) is 0 Å². The van der Waals surface area contributed by atoms with Crippen LogP contribution in [0.2, 0.25) is 0 Å². The second-order valence-electron chi connectivity index (χ2n) is 2.75. The van der Waals surface area contributed by atoms with Gasteiger partial charge in [0.2, 0.25) is 0 Å². The quantitative estimate of drug-likeness (QED) is 0.717. The van der Waals surface area contributed by atoms with Crippen molar-refractivity contribution in [1.82, 2.24) is 10.6 Å². The summed E-state index contributed by atoms with van der Waals surface area (Å²) in [6, 6.07) is 0. The average molecular weight is 229 g/mol. The molecule has 12 heavy (non-hydrogen) atoms. The summed E-state index contributed by atoms with van der Waals surface area (Å²) < 4.78 is 0.900. The molecule has 0 radical (unpaired) electrons. The van der Waals surface area contributed by atoms with Crippen LogP contribution in [0.1, 0.15) is 6.42 Å². The van der Waals surface area contributed by atoms with Crippen LogP contribution >= 0.6 is 15.9 Å². The number of hydrogen-bond donors (Lipinski definition) is 2. The van der Waals surface area contributed by atoms with Crippen LogP contribution in [0.25, 0.3) is 0 Å². The Balaban J connectivity index is 2.57. The average Bonchev–Trinajstić information content (AvgIpc) is 2.15. The maximum Gasteiger partial charge on any atom is 0.0538 e. The lowest BCUT2D eigenvalue weighted by Crippen LogP contribution is -2.17. The second-order valence-corrected chi connectivity index (χ2v) is 3.77. The lowest BCUT2D eigenvalue weighted by Gasteiger charge is -2.04. The van der Waals surface area contributed by atoms with Gasteiger partial charge in [-0.25, -0.2) is 0 Å². The lowest BCUT2D eigenvalue weighted by molar-refractivity contribution is 0.813. The van der Waals surface area contributed by atoms with Crippen molar-refractivity contribution in [3.8, 4) is 0 Å². The summed E-state index contributed by atoms with van der Waals surface area (Å²) in [5.41, 5.74) is 2.24. The number of hydrogen-bond acceptors (Lipinski definition) is 2. The first-order valence-electron chi connectivity index (χ1n) is 3.89. The first kappa shape index (κ1) is 9.39. The Hall–Kier alpha value is -0.700. The minimum Gasteiger partial charge on any atom is -0.387 e. The number of rotatable bonds is 1. The molecule has 0 aromatic rings. The van der Waals surface area contributed by atoms with Crippen LogP contribution in [-0.2, 0) is 0 Å². The molecule has 1 aliphatic rings. The fraction of sp³-hybridized carbons (Fsp3) is 0.333. The van der Waals surface area contributed by atoms with Crippen LogP contribution < -0.4 is 10.6 Å². The largest absolute Gasteiger partial charge is 0.387 e. The van der Waals surface area contributed by atoms with Gasteiger partial charge in [-0.1, -0.05) is 29.1 Å². The van der Waals surface area contributed by atoms with E-state index in [1.165, 1.54) is 5.70 Å². The summed E-state index contributed by atoms with van der Waals surface area (Å²) >= 11 is 3.30. The Morgan fingerprint density at radius 1 is 1.50 bits per heavy atom. The molecule has 1 saturated heterocycles. The van der Waals surface area contributed by atoms with Crippen molar-refractivity contribution in [1.29, 1.82) is 0 Å². The second kappa shape index (κ2) is 4.36. The number of allylic oxidation sites excluding steroid dienone is 2. The smallest absolute Gasteiger partial charge is 0.0538 e. The zero-order valence-corrected chi connectivity index (χ0v) is 8.58. The van der Waals surface area contributed by atoms with Gasteiger partial charge in [0.25, 0.3) is 0 Å². The molecule has 2 nitrogen and oxygen atoms in total. The minimum absolute atomic E-state index is 0.798. The fourth-order valence-electron chi connectivity index (χ4n) is 1.06. The van der Waals surface area contributed by atoms with Crippen LogP contribution in [0.4, 0.5) is 0 Å². The van der Waals surface area contributed by atoms with Crippen molar-refractivity contribution in [3.63, 3.8) is 0 Å². The van der Waals surface area contributed by atoms with E-state index in [-0.39, 0.29) is 0 Å². The van der Waals surface area contributed by atoms with Gasteiger partial charge in [-0.15, -0.1) is 0 Å². The zero-order chi connectivity index (χ0) is 8.97. The Morgan fingerprint density at radius 3 is 2.92 bits per heavy atom. The molecule has 1 fully saturated rings. The van der Waals surface area contributed by atoms with Gasteiger partial charge in [0.15, 0.2) is 0 Å². The highest BCUT2D eigenvalue weighted by Gasteiger charge is 2.03. The fourth-order valence-corrected chi connectivity index (χ4v) is 1.33. The van der Waals surface area contributed by atoms with Crippen LogP contribution in [0.5, 0.6) is 0 Å². The van der Waals surface area contributed by atoms with Gasteiger partial charge in [0.05, 0.1) is 6.54 Å². The van der Waals surface area contributed by atoms with E-state index in [9.17, 15) is 0 Å². The van der Waals surface area contributed by atoms with Gasteiger partial charge >= 0.3 is 0 Å². The standard InChI is InChI=1S/C9H13BrN2/c1-7(10)5-9-3-4-11-8(2)6-12-9/h5,11-12H,1-4,6H2/b9-5-. The van der Waals surface area contributed by atoms with Crippen LogP contribution in [-0.4, -0.2) is 13.1 Å². The molecule has 0 unspecified atom stereocenters. The third-order valence-corrected chi connectivity index (χ3v) is 1.86. The normalized spacial score (nSPS) is 21.1. The molecule has 0 aromatic heterocycles. The third kappa shape index (κ3) is 3.13. The molecule has 0 bridgehead atoms. The van der Waals surface area contributed by atoms with E-state index in [1.54, 1.807) is 0 Å². The summed E-state index contributed by atoms with van der Waals surface area (Å²) in [7, 11) is 0. The summed E-state index contributed by atoms with van der Waals surface area (Å²) in [6.45, 7) is 9.35. The lowest BCUT2D eigenvalue weighted by atomic mass is 10.3. The highest BCUT2D eigenvalue weighted by molar-refractivity contribution is 9.11. The highest BCUT2D eigenvalue weighted by Crippen LogP contribution is 2.09. The third-order valence-electron chi connectivity index (χ3n) is 1.63. The molecule has 0 saturated carbocycles. The Bertz CT molecular complexity index is 231. The van der Waals surface area contributed by atoms with Gasteiger partial charge < -0.3 is 10.6 Å². The molecule has 66 valence electrons. The minimum atomic E-state index is 0.798. The predicted molar refractivity (Wildman–Crippen MR) is 55.9 cm³/mol. The molecule has 3 heteroatoms. The molecule has 1 aliphatic heterocycles. The van der Waals surface area contributed by atoms with E-state index >= 15 is 0 Å². The van der Waals surface area contributed by atoms with Crippen molar-refractivity contribution in [2.45, 2.75) is 6.42 Å². The van der Waals surface area contributed by atoms with E-state index in [4.69, 9.17) is 0 Å². The Morgan fingerprint density at radius 2 is 2.25 bits per heavy atom. The first-order valence-corrected chi connectivity index (χ1v) is 4.68. The predicted octanol–water partition coefficient (Wildman–Crippen LogP) is 1.88. The van der Waals surface area contributed by atoms with E-state index in [0.717, 1.165) is 29.7 Å². The monoisotopic (exact) mass is 228 g/mol. The van der Waals surface area contributed by atoms with Crippen LogP contribution in [0, 0.1) is 0 Å². The first-order chi connectivity index (χ1) is 5.68. The summed E-state index contributed by atoms with van der Waals surface area (Å²) in [4.78, 5) is 0. The molecule has 1 heterocycles. The molecule has 0 spiro atoms. The van der Waals surface area contributed by atoms with Crippen molar-refractivity contribution >= 4 is 15.9 Å². The molecular weight excluding hydrogens is 216 g/mol. The zero-order valence-electron chi connectivity index (χ0n) is 6.99. The molecular formula is C9H13BrN2. The van der Waals surface area contributed by atoms with E-state index in [0.29, 0.717) is 0 Å². The Kier molecular flexibility index (Phi) is 3.41. The van der Waals surface area contributed by atoms with Crippen molar-refractivity contribution < 1.29 is 0 Å². The molecule has 0 amide bonds. The molecule has 2 N–H and O–H groups in total. The van der Waals surface area contributed by atoms with Crippen molar-refractivity contribution in [2.75, 3.05) is 13.1 Å². The topological polar surface area (TPSA) is 24.1 Å². The maximum absolute atomic E-state index is 3.85. The molecule has 0 aliphatic carbocycles. The molecule has 0 atom stereocenters. The van der Waals surface area contributed by atoms with Crippen LogP contribution in [0.15, 0.2) is 35.1 Å². The SMILES string of the molecule is C=C(Br)/C=C1/CCNC(=C)CN1. The molecule has 0 aromatic carbocycles. The van der Waals surface area contributed by atoms with E-state index < -0.39 is 0 Å². The maximum atomic E-state index is 3.85. The Labute approximate surface area is 81.6 Å². The van der Waals surface area contributed by atoms with Gasteiger partial charge in [-0.2, -0.15) is 0 Å². The van der Waals surface area contributed by atoms with Crippen molar-refractivity contribution in [3.05, 3.63) is 35.1 Å². The van der Waals surface area contributed by atoms with E-state index in [1.807, 2.05) is 6.08 Å². The number of halogens is 1. The van der Waals surface area contributed by atoms with Gasteiger partial charge in [0, 0.05) is 28.8 Å². The van der Waals surface area contributed by atoms with Crippen LogP contribution in [0.3, 0.4) is 0 Å². The van der Waals surface area contributed by atoms with E-state index in [2.05, 4.69) is 39.7 Å². The summed E-state index contributed by atoms with van der Waals surface area (Å²) in [6.07, 6.45) is 2.99. The highest BCUT2D eigenvalue weighted by atomic mass is 79.9. The summed E-state index contributed by atoms with van der Waals surface area (Å²) in [5.74, 6) is 0. The molecule has 1 rings (SSSR count). The van der Waals surface area contributed by atoms with Gasteiger partial charge in [-0.3, -0.25) is 0 Å². The summed E-state index contributed by atoms with van der Waals surface area (Å²) in [5, 5.41) is 6.48.